The second kappa shape index (κ2) is 5.14. The minimum absolute atomic E-state index is 0.0748. The Kier molecular flexibility index (Phi) is 3.55. The Hall–Kier alpha value is -2.30. The van der Waals surface area contributed by atoms with Crippen molar-refractivity contribution in [2.75, 3.05) is 19.0 Å². The topological polar surface area (TPSA) is 66.6 Å². The van der Waals surface area contributed by atoms with Crippen LogP contribution in [0.1, 0.15) is 23.2 Å². The number of anilines is 1. The zero-order valence-corrected chi connectivity index (χ0v) is 11.2. The summed E-state index contributed by atoms with van der Waals surface area (Å²) in [7, 11) is 3.91. The van der Waals surface area contributed by atoms with Gasteiger partial charge in [0.2, 0.25) is 11.7 Å². The molecule has 5 nitrogen and oxygen atoms in total. The second-order valence-electron chi connectivity index (χ2n) is 4.39. The highest BCUT2D eigenvalue weighted by atomic mass is 16.4. The van der Waals surface area contributed by atoms with E-state index in [4.69, 9.17) is 9.52 Å². The van der Waals surface area contributed by atoms with Crippen LogP contribution in [0.3, 0.4) is 0 Å². The molecule has 1 aromatic carbocycles. The Morgan fingerprint density at radius 2 is 1.95 bits per heavy atom. The van der Waals surface area contributed by atoms with Gasteiger partial charge < -0.3 is 14.4 Å². The van der Waals surface area contributed by atoms with Gasteiger partial charge in [0.15, 0.2) is 0 Å². The number of nitrogens with zero attached hydrogens (tertiary/aromatic N) is 2. The Morgan fingerprint density at radius 3 is 2.37 bits per heavy atom. The van der Waals surface area contributed by atoms with E-state index in [2.05, 4.69) is 4.98 Å². The SMILES string of the molecule is CCc1nc(-c2ccc(N(C)C)cc2)oc1C(=O)O. The molecule has 0 fully saturated rings. The molecule has 19 heavy (non-hydrogen) atoms. The molecule has 1 aromatic heterocycles. The third kappa shape index (κ3) is 2.59. The molecule has 1 N–H and O–H groups in total. The van der Waals surface area contributed by atoms with Gasteiger partial charge in [0.1, 0.15) is 0 Å². The van der Waals surface area contributed by atoms with E-state index in [9.17, 15) is 4.79 Å². The van der Waals surface area contributed by atoms with Crippen LogP contribution in [0.25, 0.3) is 11.5 Å². The van der Waals surface area contributed by atoms with Crippen molar-refractivity contribution in [3.63, 3.8) is 0 Å². The van der Waals surface area contributed by atoms with Gasteiger partial charge in [-0.15, -0.1) is 0 Å². The molecule has 0 saturated heterocycles. The van der Waals surface area contributed by atoms with Crippen molar-refractivity contribution in [3.8, 4) is 11.5 Å². The standard InChI is InChI=1S/C14H16N2O3/c1-4-11-12(14(17)18)19-13(15-11)9-5-7-10(8-6-9)16(2)3/h5-8H,4H2,1-3H3,(H,17,18). The van der Waals surface area contributed by atoms with E-state index in [0.29, 0.717) is 18.0 Å². The van der Waals surface area contributed by atoms with Crippen molar-refractivity contribution in [1.29, 1.82) is 0 Å². The fraction of sp³-hybridized carbons (Fsp3) is 0.286. The Morgan fingerprint density at radius 1 is 1.32 bits per heavy atom. The molecular weight excluding hydrogens is 244 g/mol. The van der Waals surface area contributed by atoms with Gasteiger partial charge in [-0.1, -0.05) is 6.92 Å². The van der Waals surface area contributed by atoms with Crippen molar-refractivity contribution < 1.29 is 14.3 Å². The first-order valence-electron chi connectivity index (χ1n) is 6.03. The summed E-state index contributed by atoms with van der Waals surface area (Å²) in [6.45, 7) is 1.85. The molecule has 0 aliphatic heterocycles. The molecule has 0 amide bonds. The first-order chi connectivity index (χ1) is 9.02. The number of aromatic carboxylic acids is 1. The predicted molar refractivity (Wildman–Crippen MR) is 72.6 cm³/mol. The largest absolute Gasteiger partial charge is 0.475 e. The van der Waals surface area contributed by atoms with Crippen LogP contribution < -0.4 is 4.90 Å². The number of carboxylic acid groups (broad SMARTS) is 1. The number of aryl methyl sites for hydroxylation is 1. The third-order valence-corrected chi connectivity index (χ3v) is 2.86. The zero-order chi connectivity index (χ0) is 14.0. The second-order valence-corrected chi connectivity index (χ2v) is 4.39. The number of hydrogen-bond acceptors (Lipinski definition) is 4. The highest BCUT2D eigenvalue weighted by molar-refractivity contribution is 5.86. The molecule has 0 bridgehead atoms. The molecule has 2 rings (SSSR count). The van der Waals surface area contributed by atoms with Gasteiger partial charge in [-0.25, -0.2) is 9.78 Å². The van der Waals surface area contributed by atoms with Gasteiger partial charge in [-0.05, 0) is 30.7 Å². The molecule has 1 heterocycles. The summed E-state index contributed by atoms with van der Waals surface area (Å²) >= 11 is 0. The lowest BCUT2D eigenvalue weighted by atomic mass is 10.2. The average molecular weight is 260 g/mol. The van der Waals surface area contributed by atoms with E-state index in [1.165, 1.54) is 0 Å². The molecule has 0 aliphatic rings. The maximum absolute atomic E-state index is 11.0. The molecule has 100 valence electrons. The van der Waals surface area contributed by atoms with Gasteiger partial charge in [-0.3, -0.25) is 0 Å². The van der Waals surface area contributed by atoms with Gasteiger partial charge in [0, 0.05) is 25.3 Å². The monoisotopic (exact) mass is 260 g/mol. The number of aromatic nitrogens is 1. The van der Waals surface area contributed by atoms with Crippen molar-refractivity contribution >= 4 is 11.7 Å². The van der Waals surface area contributed by atoms with E-state index in [-0.39, 0.29) is 5.76 Å². The summed E-state index contributed by atoms with van der Waals surface area (Å²) in [5.41, 5.74) is 2.30. The van der Waals surface area contributed by atoms with Crippen LogP contribution in [0.2, 0.25) is 0 Å². The lowest BCUT2D eigenvalue weighted by Gasteiger charge is -2.11. The number of benzene rings is 1. The fourth-order valence-electron chi connectivity index (χ4n) is 1.78. The van der Waals surface area contributed by atoms with Crippen LogP contribution in [-0.2, 0) is 6.42 Å². The van der Waals surface area contributed by atoms with Gasteiger partial charge in [0.05, 0.1) is 5.69 Å². The zero-order valence-electron chi connectivity index (χ0n) is 11.2. The van der Waals surface area contributed by atoms with Crippen LogP contribution >= 0.6 is 0 Å². The van der Waals surface area contributed by atoms with Crippen LogP contribution in [0.5, 0.6) is 0 Å². The number of hydrogen-bond donors (Lipinski definition) is 1. The maximum atomic E-state index is 11.0. The molecule has 0 saturated carbocycles. The Labute approximate surface area is 111 Å². The number of rotatable bonds is 4. The van der Waals surface area contributed by atoms with Crippen molar-refractivity contribution in [1.82, 2.24) is 4.98 Å². The van der Waals surface area contributed by atoms with Gasteiger partial charge >= 0.3 is 5.97 Å². The van der Waals surface area contributed by atoms with Crippen molar-refractivity contribution in [2.24, 2.45) is 0 Å². The number of oxazole rings is 1. The first-order valence-corrected chi connectivity index (χ1v) is 6.03. The van der Waals surface area contributed by atoms with E-state index >= 15 is 0 Å². The van der Waals surface area contributed by atoms with Crippen molar-refractivity contribution in [2.45, 2.75) is 13.3 Å². The lowest BCUT2D eigenvalue weighted by Crippen LogP contribution is -2.07. The lowest BCUT2D eigenvalue weighted by molar-refractivity contribution is 0.0662. The summed E-state index contributed by atoms with van der Waals surface area (Å²) in [4.78, 5) is 17.2. The number of carbonyl (C=O) groups is 1. The Bertz CT molecular complexity index is 585. The minimum atomic E-state index is -1.08. The molecule has 0 spiro atoms. The van der Waals surface area contributed by atoms with Gasteiger partial charge in [-0.2, -0.15) is 0 Å². The van der Waals surface area contributed by atoms with E-state index in [1.807, 2.05) is 50.2 Å². The molecule has 0 aliphatic carbocycles. The molecule has 0 unspecified atom stereocenters. The van der Waals surface area contributed by atoms with Crippen LogP contribution in [0.15, 0.2) is 28.7 Å². The first kappa shape index (κ1) is 13.1. The van der Waals surface area contributed by atoms with Crippen LogP contribution in [-0.4, -0.2) is 30.2 Å². The normalized spacial score (nSPS) is 10.5. The average Bonchev–Trinajstić information content (AvgIpc) is 2.83. The maximum Gasteiger partial charge on any atom is 0.373 e. The van der Waals surface area contributed by atoms with E-state index in [1.54, 1.807) is 0 Å². The molecule has 2 aromatic rings. The van der Waals surface area contributed by atoms with Gasteiger partial charge in [0.25, 0.3) is 0 Å². The molecular formula is C14H16N2O3. The molecule has 5 heteroatoms. The summed E-state index contributed by atoms with van der Waals surface area (Å²) in [5, 5.41) is 9.03. The van der Waals surface area contributed by atoms with Crippen LogP contribution in [0.4, 0.5) is 5.69 Å². The summed E-state index contributed by atoms with van der Waals surface area (Å²) in [5.74, 6) is -0.811. The smallest absolute Gasteiger partial charge is 0.373 e. The van der Waals surface area contributed by atoms with Crippen molar-refractivity contribution in [3.05, 3.63) is 35.7 Å². The predicted octanol–water partition coefficient (Wildman–Crippen LogP) is 2.67. The van der Waals surface area contributed by atoms with Crippen LogP contribution in [0, 0.1) is 0 Å². The van der Waals surface area contributed by atoms with E-state index < -0.39 is 5.97 Å². The fourth-order valence-corrected chi connectivity index (χ4v) is 1.78. The highest BCUT2D eigenvalue weighted by Crippen LogP contribution is 2.24. The summed E-state index contributed by atoms with van der Waals surface area (Å²) in [6.07, 6.45) is 0.529. The quantitative estimate of drug-likeness (QED) is 0.915. The Balaban J connectivity index is 2.39. The molecule has 0 atom stereocenters. The number of carboxylic acids is 1. The van der Waals surface area contributed by atoms with E-state index in [0.717, 1.165) is 11.3 Å². The summed E-state index contributed by atoms with van der Waals surface area (Å²) < 4.78 is 5.33. The third-order valence-electron chi connectivity index (χ3n) is 2.86. The minimum Gasteiger partial charge on any atom is -0.475 e. The molecule has 0 radical (unpaired) electrons. The summed E-state index contributed by atoms with van der Waals surface area (Å²) in [6, 6.07) is 7.61. The highest BCUT2D eigenvalue weighted by Gasteiger charge is 2.18.